The van der Waals surface area contributed by atoms with E-state index in [1.807, 2.05) is 0 Å². The van der Waals surface area contributed by atoms with E-state index in [1.54, 1.807) is 7.11 Å². The van der Waals surface area contributed by atoms with Crippen LogP contribution >= 0.6 is 0 Å². The van der Waals surface area contributed by atoms with Gasteiger partial charge in [0.2, 0.25) is 5.91 Å². The minimum Gasteiger partial charge on any atom is -0.394 e. The van der Waals surface area contributed by atoms with E-state index in [-0.39, 0.29) is 12.7 Å². The Morgan fingerprint density at radius 1 is 0.865 bits per heavy atom. The van der Waals surface area contributed by atoms with Crippen molar-refractivity contribution in [3.8, 4) is 0 Å². The normalized spacial score (nSPS) is 24.8. The molecule has 1 aliphatic rings. The number of ether oxygens (including phenoxy) is 4. The molecule has 0 spiro atoms. The number of aliphatic hydroxyl groups excluding tert-OH is 3. The molecule has 1 heterocycles. The summed E-state index contributed by atoms with van der Waals surface area (Å²) in [6, 6.07) is -0.968. The molecule has 0 aromatic carbocycles. The van der Waals surface area contributed by atoms with Crippen LogP contribution in [0.25, 0.3) is 0 Å². The Balaban J connectivity index is 2.11. The Bertz CT molecular complexity index is 552. The molecule has 1 rings (SSSR count). The summed E-state index contributed by atoms with van der Waals surface area (Å²) in [6.45, 7) is 4.19. The smallest absolute Gasteiger partial charge is 0.217 e. The maximum absolute atomic E-state index is 11.5. The highest BCUT2D eigenvalue weighted by Crippen LogP contribution is 2.22. The number of hydrogen-bond acceptors (Lipinski definition) is 8. The average Bonchev–Trinajstić information content (AvgIpc) is 2.89. The molecule has 0 saturated carbocycles. The summed E-state index contributed by atoms with van der Waals surface area (Å²) >= 11 is 0. The average molecular weight is 534 g/mol. The van der Waals surface area contributed by atoms with Gasteiger partial charge in [-0.2, -0.15) is 0 Å². The van der Waals surface area contributed by atoms with E-state index >= 15 is 0 Å². The molecule has 1 fully saturated rings. The minimum absolute atomic E-state index is 0.108. The van der Waals surface area contributed by atoms with Gasteiger partial charge in [-0.25, -0.2) is 0 Å². The summed E-state index contributed by atoms with van der Waals surface area (Å²) in [5.41, 5.74) is 0. The fourth-order valence-electron chi connectivity index (χ4n) is 4.61. The van der Waals surface area contributed by atoms with Crippen molar-refractivity contribution in [2.24, 2.45) is 0 Å². The number of rotatable bonds is 23. The minimum atomic E-state index is -1.34. The summed E-state index contributed by atoms with van der Waals surface area (Å²) in [4.78, 5) is 11.5. The maximum Gasteiger partial charge on any atom is 0.217 e. The number of carbonyl (C=O) groups excluding carboxylic acids is 1. The molecule has 37 heavy (non-hydrogen) atoms. The van der Waals surface area contributed by atoms with Gasteiger partial charge in [-0.05, 0) is 6.42 Å². The van der Waals surface area contributed by atoms with Gasteiger partial charge < -0.3 is 39.6 Å². The first kappa shape index (κ1) is 34.2. The molecule has 0 bridgehead atoms. The first-order valence-electron chi connectivity index (χ1n) is 14.6. The summed E-state index contributed by atoms with van der Waals surface area (Å²) in [7, 11) is 1.56. The molecule has 0 radical (unpaired) electrons. The second kappa shape index (κ2) is 22.1. The lowest BCUT2D eigenvalue weighted by Crippen LogP contribution is -2.64. The van der Waals surface area contributed by atoms with Gasteiger partial charge in [0, 0.05) is 20.6 Å². The van der Waals surface area contributed by atoms with Crippen LogP contribution in [0.1, 0.15) is 104 Å². The molecule has 0 aromatic heterocycles. The van der Waals surface area contributed by atoms with E-state index in [1.165, 1.54) is 84.0 Å². The topological polar surface area (TPSA) is 127 Å². The van der Waals surface area contributed by atoms with Crippen LogP contribution in [0.2, 0.25) is 0 Å². The van der Waals surface area contributed by atoms with Gasteiger partial charge in [0.15, 0.2) is 6.29 Å². The summed E-state index contributed by atoms with van der Waals surface area (Å²) in [5, 5.41) is 32.4. The number of hydrogen-bond donors (Lipinski definition) is 4. The van der Waals surface area contributed by atoms with Crippen LogP contribution < -0.4 is 5.32 Å². The molecule has 9 nitrogen and oxygen atoms in total. The highest BCUT2D eigenvalue weighted by atomic mass is 16.7. The number of nitrogens with one attached hydrogen (secondary N) is 1. The number of carbonyl (C=O) groups is 1. The predicted octanol–water partition coefficient (Wildman–Crippen LogP) is 3.46. The first-order chi connectivity index (χ1) is 17.9. The number of aliphatic hydroxyl groups is 3. The van der Waals surface area contributed by atoms with E-state index in [2.05, 4.69) is 12.2 Å². The third-order valence-corrected chi connectivity index (χ3v) is 6.98. The zero-order valence-corrected chi connectivity index (χ0v) is 23.6. The lowest BCUT2D eigenvalue weighted by Gasteiger charge is -2.42. The van der Waals surface area contributed by atoms with Crippen molar-refractivity contribution in [2.45, 2.75) is 140 Å². The van der Waals surface area contributed by atoms with Crippen molar-refractivity contribution in [1.82, 2.24) is 5.32 Å². The molecule has 220 valence electrons. The summed E-state index contributed by atoms with van der Waals surface area (Å²) < 4.78 is 22.5. The molecule has 0 aliphatic carbocycles. The van der Waals surface area contributed by atoms with Gasteiger partial charge >= 0.3 is 0 Å². The molecule has 1 amide bonds. The Kier molecular flexibility index (Phi) is 20.4. The van der Waals surface area contributed by atoms with Gasteiger partial charge in [0.05, 0.1) is 19.8 Å². The van der Waals surface area contributed by atoms with Crippen molar-refractivity contribution in [1.29, 1.82) is 0 Å². The first-order valence-corrected chi connectivity index (χ1v) is 14.6. The fraction of sp³-hybridized carbons (Fsp3) is 0.964. The zero-order chi connectivity index (χ0) is 27.3. The van der Waals surface area contributed by atoms with Crippen molar-refractivity contribution < 1.29 is 39.1 Å². The summed E-state index contributed by atoms with van der Waals surface area (Å²) in [5.74, 6) is -0.393. The van der Waals surface area contributed by atoms with E-state index in [0.29, 0.717) is 13.2 Å². The van der Waals surface area contributed by atoms with Crippen LogP contribution in [-0.4, -0.2) is 91.5 Å². The van der Waals surface area contributed by atoms with Gasteiger partial charge in [-0.15, -0.1) is 0 Å². The summed E-state index contributed by atoms with van der Waals surface area (Å²) in [6.07, 6.45) is 13.3. The Hall–Kier alpha value is -0.810. The van der Waals surface area contributed by atoms with Gasteiger partial charge in [-0.1, -0.05) is 90.4 Å². The molecule has 0 aromatic rings. The van der Waals surface area contributed by atoms with Crippen molar-refractivity contribution in [2.75, 3.05) is 33.5 Å². The SMILES string of the molecule is CCCCCCCCCCCCCCCCOC[C@H](CO[C@@H]1O[C@H](CO)[C@@H](O)[C@H](O)[C@H]1NC(C)=O)OC. The largest absolute Gasteiger partial charge is 0.394 e. The zero-order valence-electron chi connectivity index (χ0n) is 23.6. The van der Waals surface area contributed by atoms with Gasteiger partial charge in [0.25, 0.3) is 0 Å². The van der Waals surface area contributed by atoms with E-state index in [0.717, 1.165) is 12.8 Å². The molecule has 0 unspecified atom stereocenters. The van der Waals surface area contributed by atoms with Gasteiger partial charge in [-0.3, -0.25) is 4.79 Å². The van der Waals surface area contributed by atoms with Gasteiger partial charge in [0.1, 0.15) is 30.5 Å². The highest BCUT2D eigenvalue weighted by Gasteiger charge is 2.45. The lowest BCUT2D eigenvalue weighted by atomic mass is 9.97. The van der Waals surface area contributed by atoms with Crippen molar-refractivity contribution >= 4 is 5.91 Å². The predicted molar refractivity (Wildman–Crippen MR) is 143 cm³/mol. The molecular formula is C28H55NO8. The molecule has 9 heteroatoms. The van der Waals surface area contributed by atoms with Crippen LogP contribution in [0.15, 0.2) is 0 Å². The molecule has 4 N–H and O–H groups in total. The van der Waals surface area contributed by atoms with Crippen LogP contribution in [0.5, 0.6) is 0 Å². The fourth-order valence-corrected chi connectivity index (χ4v) is 4.61. The standard InChI is InChI=1S/C28H55NO8/c1-4-5-6-7-8-9-10-11-12-13-14-15-16-17-18-35-20-23(34-3)21-36-28-25(29-22(2)31)27(33)26(32)24(19-30)37-28/h23-28,30,32-33H,4-21H2,1-3H3,(H,29,31)/t23-,24-,25-,26-,27-,28-/m1/s1. The number of unbranched alkanes of at least 4 members (excludes halogenated alkanes) is 13. The second-order valence-electron chi connectivity index (χ2n) is 10.3. The third kappa shape index (κ3) is 15.4. The Morgan fingerprint density at radius 2 is 1.41 bits per heavy atom. The highest BCUT2D eigenvalue weighted by molar-refractivity contribution is 5.73. The molecule has 1 saturated heterocycles. The Morgan fingerprint density at radius 3 is 1.89 bits per heavy atom. The lowest BCUT2D eigenvalue weighted by molar-refractivity contribution is -0.275. The quantitative estimate of drug-likeness (QED) is 0.147. The molecular weight excluding hydrogens is 478 g/mol. The second-order valence-corrected chi connectivity index (χ2v) is 10.3. The maximum atomic E-state index is 11.5. The van der Waals surface area contributed by atoms with Crippen molar-refractivity contribution in [3.05, 3.63) is 0 Å². The van der Waals surface area contributed by atoms with Crippen molar-refractivity contribution in [3.63, 3.8) is 0 Å². The molecule has 6 atom stereocenters. The van der Waals surface area contributed by atoms with E-state index in [9.17, 15) is 20.1 Å². The van der Waals surface area contributed by atoms with E-state index < -0.39 is 43.2 Å². The van der Waals surface area contributed by atoms with Crippen LogP contribution in [0.4, 0.5) is 0 Å². The number of amides is 1. The van der Waals surface area contributed by atoms with Crippen LogP contribution in [-0.2, 0) is 23.7 Å². The Labute approximate surface area is 224 Å². The molecule has 1 aliphatic heterocycles. The van der Waals surface area contributed by atoms with E-state index in [4.69, 9.17) is 18.9 Å². The monoisotopic (exact) mass is 533 g/mol. The van der Waals surface area contributed by atoms with Crippen LogP contribution in [0, 0.1) is 0 Å². The van der Waals surface area contributed by atoms with Crippen LogP contribution in [0.3, 0.4) is 0 Å². The number of methoxy groups -OCH3 is 1. The third-order valence-electron chi connectivity index (χ3n) is 6.98.